The largest absolute Gasteiger partial charge is 0.396 e. The van der Waals surface area contributed by atoms with E-state index >= 15 is 0 Å². The van der Waals surface area contributed by atoms with Crippen molar-refractivity contribution in [2.45, 2.75) is 13.3 Å². The molecule has 0 radical (unpaired) electrons. The molecule has 0 unspecified atom stereocenters. The lowest BCUT2D eigenvalue weighted by Crippen LogP contribution is -2.31. The van der Waals surface area contributed by atoms with Gasteiger partial charge < -0.3 is 5.11 Å². The molecule has 0 fully saturated rings. The summed E-state index contributed by atoms with van der Waals surface area (Å²) in [6.07, 6.45) is 0.563. The molecule has 1 aromatic rings. The van der Waals surface area contributed by atoms with Gasteiger partial charge in [0.15, 0.2) is 5.78 Å². The number of hydrogen-bond donors (Lipinski definition) is 1. The maximum absolute atomic E-state index is 13.4. The van der Waals surface area contributed by atoms with Gasteiger partial charge in [0.1, 0.15) is 11.6 Å². The van der Waals surface area contributed by atoms with Crippen molar-refractivity contribution in [3.05, 3.63) is 35.4 Å². The summed E-state index contributed by atoms with van der Waals surface area (Å²) in [6.45, 7) is 3.20. The molecule has 0 amide bonds. The molecule has 100 valence electrons. The van der Waals surface area contributed by atoms with E-state index in [0.29, 0.717) is 25.6 Å². The number of benzene rings is 1. The smallest absolute Gasteiger partial charge is 0.179 e. The number of halogens is 2. The van der Waals surface area contributed by atoms with Gasteiger partial charge >= 0.3 is 0 Å². The quantitative estimate of drug-likeness (QED) is 0.758. The highest BCUT2D eigenvalue weighted by molar-refractivity contribution is 5.97. The Kier molecular flexibility index (Phi) is 5.88. The molecule has 0 aliphatic rings. The molecular formula is C13H17F2NO2. The Morgan fingerprint density at radius 2 is 2.11 bits per heavy atom. The van der Waals surface area contributed by atoms with Gasteiger partial charge in [0.2, 0.25) is 0 Å². The third kappa shape index (κ3) is 4.16. The Balaban J connectivity index is 2.68. The van der Waals surface area contributed by atoms with Gasteiger partial charge in [-0.1, -0.05) is 6.92 Å². The van der Waals surface area contributed by atoms with Crippen molar-refractivity contribution in [2.75, 3.05) is 26.2 Å². The molecule has 0 atom stereocenters. The van der Waals surface area contributed by atoms with Gasteiger partial charge in [0.05, 0.1) is 12.1 Å². The molecule has 1 N–H and O–H groups in total. The van der Waals surface area contributed by atoms with Crippen LogP contribution in [0.2, 0.25) is 0 Å². The monoisotopic (exact) mass is 257 g/mol. The van der Waals surface area contributed by atoms with Crippen LogP contribution in [0, 0.1) is 11.6 Å². The summed E-state index contributed by atoms with van der Waals surface area (Å²) in [4.78, 5) is 13.6. The Labute approximate surface area is 105 Å². The number of aliphatic hydroxyl groups excluding tert-OH is 1. The molecule has 1 aromatic carbocycles. The summed E-state index contributed by atoms with van der Waals surface area (Å²) in [5.74, 6) is -1.91. The highest BCUT2D eigenvalue weighted by Crippen LogP contribution is 2.11. The molecule has 0 aliphatic heterocycles. The number of carbonyl (C=O) groups excluding carboxylic acids is 1. The van der Waals surface area contributed by atoms with Crippen LogP contribution in [-0.2, 0) is 0 Å². The number of likely N-dealkylation sites (N-methyl/N-ethyl adjacent to an activating group) is 1. The first-order chi connectivity index (χ1) is 8.58. The molecule has 5 heteroatoms. The summed E-state index contributed by atoms with van der Waals surface area (Å²) in [5.41, 5.74) is -0.0983. The summed E-state index contributed by atoms with van der Waals surface area (Å²) < 4.78 is 26.1. The second kappa shape index (κ2) is 7.18. The van der Waals surface area contributed by atoms with E-state index in [0.717, 1.165) is 12.1 Å². The number of rotatable bonds is 7. The third-order valence-corrected chi connectivity index (χ3v) is 2.68. The van der Waals surface area contributed by atoms with Crippen molar-refractivity contribution < 1.29 is 18.7 Å². The fourth-order valence-electron chi connectivity index (χ4n) is 1.65. The molecule has 0 saturated carbocycles. The van der Waals surface area contributed by atoms with Gasteiger partial charge in [-0.15, -0.1) is 0 Å². The summed E-state index contributed by atoms with van der Waals surface area (Å²) in [5, 5.41) is 8.72. The zero-order chi connectivity index (χ0) is 13.5. The topological polar surface area (TPSA) is 40.5 Å². The number of carbonyl (C=O) groups is 1. The number of aliphatic hydroxyl groups is 1. The van der Waals surface area contributed by atoms with E-state index in [1.807, 2.05) is 6.92 Å². The van der Waals surface area contributed by atoms with Crippen molar-refractivity contribution in [3.63, 3.8) is 0 Å². The molecule has 18 heavy (non-hydrogen) atoms. The number of ketones is 1. The SMILES string of the molecule is CCN(CCCO)CC(=O)c1ccc(F)cc1F. The Morgan fingerprint density at radius 1 is 1.39 bits per heavy atom. The van der Waals surface area contributed by atoms with Crippen molar-refractivity contribution in [1.29, 1.82) is 0 Å². The van der Waals surface area contributed by atoms with Crippen LogP contribution in [0.25, 0.3) is 0 Å². The maximum atomic E-state index is 13.4. The molecule has 0 aliphatic carbocycles. The van der Waals surface area contributed by atoms with Crippen LogP contribution in [0.4, 0.5) is 8.78 Å². The summed E-state index contributed by atoms with van der Waals surface area (Å²) in [6, 6.07) is 2.93. The molecule has 0 spiro atoms. The normalized spacial score (nSPS) is 10.9. The van der Waals surface area contributed by atoms with Gasteiger partial charge in [-0.3, -0.25) is 9.69 Å². The Bertz CT molecular complexity index is 410. The minimum atomic E-state index is -0.835. The number of nitrogens with zero attached hydrogens (tertiary/aromatic N) is 1. The second-order valence-corrected chi connectivity index (χ2v) is 3.99. The Morgan fingerprint density at radius 3 is 2.67 bits per heavy atom. The average molecular weight is 257 g/mol. The number of Topliss-reactive ketones (excluding diaryl/α,β-unsaturated/α-hetero) is 1. The fraction of sp³-hybridized carbons (Fsp3) is 0.462. The average Bonchev–Trinajstić information content (AvgIpc) is 2.34. The molecule has 0 bridgehead atoms. The van der Waals surface area contributed by atoms with Crippen LogP contribution in [0.5, 0.6) is 0 Å². The lowest BCUT2D eigenvalue weighted by atomic mass is 10.1. The van der Waals surface area contributed by atoms with Crippen LogP contribution in [0.15, 0.2) is 18.2 Å². The summed E-state index contributed by atoms with van der Waals surface area (Å²) >= 11 is 0. The fourth-order valence-corrected chi connectivity index (χ4v) is 1.65. The van der Waals surface area contributed by atoms with E-state index in [2.05, 4.69) is 0 Å². The van der Waals surface area contributed by atoms with Gasteiger partial charge in [0, 0.05) is 19.2 Å². The predicted octanol–water partition coefficient (Wildman–Crippen LogP) is 1.85. The van der Waals surface area contributed by atoms with E-state index in [-0.39, 0.29) is 24.5 Å². The lowest BCUT2D eigenvalue weighted by Gasteiger charge is -2.18. The maximum Gasteiger partial charge on any atom is 0.179 e. The van der Waals surface area contributed by atoms with Crippen LogP contribution in [0.1, 0.15) is 23.7 Å². The van der Waals surface area contributed by atoms with Crippen molar-refractivity contribution in [2.24, 2.45) is 0 Å². The van der Waals surface area contributed by atoms with Crippen LogP contribution in [-0.4, -0.2) is 42.0 Å². The molecule has 0 saturated heterocycles. The predicted molar refractivity (Wildman–Crippen MR) is 64.5 cm³/mol. The highest BCUT2D eigenvalue weighted by atomic mass is 19.1. The van der Waals surface area contributed by atoms with Gasteiger partial charge in [-0.25, -0.2) is 8.78 Å². The van der Waals surface area contributed by atoms with E-state index in [9.17, 15) is 13.6 Å². The van der Waals surface area contributed by atoms with E-state index in [1.165, 1.54) is 0 Å². The zero-order valence-corrected chi connectivity index (χ0v) is 10.3. The van der Waals surface area contributed by atoms with Gasteiger partial charge in [-0.05, 0) is 25.1 Å². The minimum Gasteiger partial charge on any atom is -0.396 e. The standard InChI is InChI=1S/C13H17F2NO2/c1-2-16(6-3-7-17)9-13(18)11-5-4-10(14)8-12(11)15/h4-5,8,17H,2-3,6-7,9H2,1H3. The first-order valence-corrected chi connectivity index (χ1v) is 5.90. The van der Waals surface area contributed by atoms with Crippen molar-refractivity contribution in [1.82, 2.24) is 4.90 Å². The molecule has 0 aromatic heterocycles. The van der Waals surface area contributed by atoms with Gasteiger partial charge in [-0.2, -0.15) is 0 Å². The van der Waals surface area contributed by atoms with E-state index < -0.39 is 11.6 Å². The second-order valence-electron chi connectivity index (χ2n) is 3.99. The first kappa shape index (κ1) is 14.7. The molecular weight excluding hydrogens is 240 g/mol. The molecule has 3 nitrogen and oxygen atoms in total. The zero-order valence-electron chi connectivity index (χ0n) is 10.3. The number of hydrogen-bond acceptors (Lipinski definition) is 3. The summed E-state index contributed by atoms with van der Waals surface area (Å²) in [7, 11) is 0. The first-order valence-electron chi connectivity index (χ1n) is 5.90. The van der Waals surface area contributed by atoms with Crippen LogP contribution < -0.4 is 0 Å². The van der Waals surface area contributed by atoms with Crippen molar-refractivity contribution in [3.8, 4) is 0 Å². The van der Waals surface area contributed by atoms with Crippen molar-refractivity contribution >= 4 is 5.78 Å². The van der Waals surface area contributed by atoms with Crippen LogP contribution in [0.3, 0.4) is 0 Å². The Hall–Kier alpha value is -1.33. The third-order valence-electron chi connectivity index (χ3n) is 2.68. The molecule has 0 heterocycles. The highest BCUT2D eigenvalue weighted by Gasteiger charge is 2.15. The van der Waals surface area contributed by atoms with Crippen LogP contribution >= 0.6 is 0 Å². The van der Waals surface area contributed by atoms with Gasteiger partial charge in [0.25, 0.3) is 0 Å². The van der Waals surface area contributed by atoms with E-state index in [4.69, 9.17) is 5.11 Å². The lowest BCUT2D eigenvalue weighted by molar-refractivity contribution is 0.0924. The minimum absolute atomic E-state index is 0.0512. The van der Waals surface area contributed by atoms with E-state index in [1.54, 1.807) is 4.90 Å². The molecule has 1 rings (SSSR count).